The lowest BCUT2D eigenvalue weighted by atomic mass is 10.3. The Labute approximate surface area is 107 Å². The van der Waals surface area contributed by atoms with Crippen LogP contribution in [0, 0.1) is 5.82 Å². The van der Waals surface area contributed by atoms with Crippen molar-refractivity contribution in [3.8, 4) is 5.75 Å². The molecule has 3 rings (SSSR count). The van der Waals surface area contributed by atoms with Crippen LogP contribution in [0.2, 0.25) is 0 Å². The second-order valence-electron chi connectivity index (χ2n) is 3.72. The van der Waals surface area contributed by atoms with Gasteiger partial charge in [-0.25, -0.2) is 4.39 Å². The van der Waals surface area contributed by atoms with Gasteiger partial charge in [0.1, 0.15) is 0 Å². The van der Waals surface area contributed by atoms with Gasteiger partial charge in [-0.05, 0) is 34.7 Å². The van der Waals surface area contributed by atoms with Crippen molar-refractivity contribution in [2.45, 2.75) is 0 Å². The van der Waals surface area contributed by atoms with Gasteiger partial charge in [0.15, 0.2) is 23.0 Å². The first-order valence-corrected chi connectivity index (χ1v) is 5.42. The van der Waals surface area contributed by atoms with Crippen LogP contribution in [0.15, 0.2) is 30.3 Å². The largest absolute Gasteiger partial charge is 0.494 e. The third-order valence-electron chi connectivity index (χ3n) is 2.49. The molecule has 2 aromatic heterocycles. The monoisotopic (exact) mass is 260 g/mol. The molecule has 0 bridgehead atoms. The number of nitrogens with zero attached hydrogens (tertiary/aromatic N) is 5. The van der Waals surface area contributed by atoms with Crippen LogP contribution in [-0.4, -0.2) is 32.4 Å². The van der Waals surface area contributed by atoms with Crippen molar-refractivity contribution >= 4 is 17.2 Å². The normalized spacial score (nSPS) is 10.6. The molecule has 0 spiro atoms. The lowest BCUT2D eigenvalue weighted by molar-refractivity contribution is 0.387. The minimum absolute atomic E-state index is 0.161. The van der Waals surface area contributed by atoms with Crippen molar-refractivity contribution in [1.82, 2.24) is 25.3 Å². The lowest BCUT2D eigenvalue weighted by Crippen LogP contribution is -2.00. The number of hydrogen-bond acceptors (Lipinski definition) is 6. The Kier molecular flexibility index (Phi) is 2.67. The summed E-state index contributed by atoms with van der Waals surface area (Å²) in [5, 5.41) is 18.1. The third-order valence-corrected chi connectivity index (χ3v) is 2.49. The molecule has 2 heterocycles. The minimum atomic E-state index is -0.420. The molecule has 0 unspecified atom stereocenters. The Bertz CT molecular complexity index is 728. The average Bonchev–Trinajstić information content (AvgIpc) is 2.88. The third kappa shape index (κ3) is 2.15. The van der Waals surface area contributed by atoms with Crippen LogP contribution < -0.4 is 10.1 Å². The molecule has 0 aliphatic heterocycles. The maximum atomic E-state index is 13.3. The Balaban J connectivity index is 1.91. The number of ether oxygens (including phenoxy) is 1. The first-order valence-electron chi connectivity index (χ1n) is 5.42. The molecule has 8 heteroatoms. The number of hydrogen-bond donors (Lipinski definition) is 1. The first kappa shape index (κ1) is 11.3. The molecule has 1 N–H and O–H groups in total. The summed E-state index contributed by atoms with van der Waals surface area (Å²) in [6.07, 6.45) is 0. The molecule has 0 fully saturated rings. The summed E-state index contributed by atoms with van der Waals surface area (Å²) in [6, 6.07) is 7.89. The molecule has 19 heavy (non-hydrogen) atoms. The number of methoxy groups -OCH3 is 1. The fourth-order valence-corrected chi connectivity index (χ4v) is 1.60. The Morgan fingerprint density at radius 2 is 2.16 bits per heavy atom. The van der Waals surface area contributed by atoms with Gasteiger partial charge in [-0.2, -0.15) is 0 Å². The van der Waals surface area contributed by atoms with Crippen LogP contribution >= 0.6 is 0 Å². The van der Waals surface area contributed by atoms with Crippen LogP contribution in [-0.2, 0) is 0 Å². The maximum Gasteiger partial charge on any atom is 0.200 e. The molecule has 3 aromatic rings. The summed E-state index contributed by atoms with van der Waals surface area (Å²) in [5.41, 5.74) is 1.19. The van der Waals surface area contributed by atoms with Crippen molar-refractivity contribution in [3.63, 3.8) is 0 Å². The predicted octanol–water partition coefficient (Wildman–Crippen LogP) is 1.41. The number of nitrogens with one attached hydrogen (secondary N) is 1. The fraction of sp³-hybridized carbons (Fsp3) is 0.0909. The molecule has 0 radical (unpaired) electrons. The standard InChI is InChI=1S/C11H9FN6O/c1-19-9-6-7(2-3-8(9)12)13-10-4-5-11-14-16-17-18(11)15-10/h2-6H,1H3,(H,13,15). The SMILES string of the molecule is COc1cc(Nc2ccc3nnnn3n2)ccc1F. The van der Waals surface area contributed by atoms with E-state index in [1.165, 1.54) is 17.8 Å². The fourth-order valence-electron chi connectivity index (χ4n) is 1.60. The Morgan fingerprint density at radius 1 is 1.26 bits per heavy atom. The quantitative estimate of drug-likeness (QED) is 0.767. The molecule has 1 aromatic carbocycles. The average molecular weight is 260 g/mol. The van der Waals surface area contributed by atoms with E-state index in [0.29, 0.717) is 17.2 Å². The van der Waals surface area contributed by atoms with E-state index < -0.39 is 5.82 Å². The second-order valence-corrected chi connectivity index (χ2v) is 3.72. The van der Waals surface area contributed by atoms with Crippen LogP contribution in [0.25, 0.3) is 5.65 Å². The van der Waals surface area contributed by atoms with Gasteiger partial charge >= 0.3 is 0 Å². The molecule has 7 nitrogen and oxygen atoms in total. The van der Waals surface area contributed by atoms with Gasteiger partial charge in [-0.1, -0.05) is 0 Å². The molecule has 0 aliphatic rings. The number of benzene rings is 1. The molecule has 0 amide bonds. The van der Waals surface area contributed by atoms with Gasteiger partial charge in [0.25, 0.3) is 0 Å². The van der Waals surface area contributed by atoms with Crippen molar-refractivity contribution in [3.05, 3.63) is 36.1 Å². The lowest BCUT2D eigenvalue weighted by Gasteiger charge is -2.07. The predicted molar refractivity (Wildman–Crippen MR) is 64.8 cm³/mol. The summed E-state index contributed by atoms with van der Waals surface area (Å²) < 4.78 is 19.5. The van der Waals surface area contributed by atoms with Crippen molar-refractivity contribution < 1.29 is 9.13 Å². The van der Waals surface area contributed by atoms with Gasteiger partial charge in [-0.15, -0.1) is 14.8 Å². The van der Waals surface area contributed by atoms with Crippen molar-refractivity contribution in [2.24, 2.45) is 0 Å². The minimum Gasteiger partial charge on any atom is -0.494 e. The highest BCUT2D eigenvalue weighted by atomic mass is 19.1. The molecule has 0 saturated heterocycles. The number of tetrazole rings is 1. The highest BCUT2D eigenvalue weighted by Gasteiger charge is 2.05. The van der Waals surface area contributed by atoms with E-state index in [1.807, 2.05) is 0 Å². The maximum absolute atomic E-state index is 13.3. The summed E-state index contributed by atoms with van der Waals surface area (Å²) in [6.45, 7) is 0. The van der Waals surface area contributed by atoms with E-state index in [4.69, 9.17) is 4.74 Å². The highest BCUT2D eigenvalue weighted by Crippen LogP contribution is 2.23. The molecular formula is C11H9FN6O. The van der Waals surface area contributed by atoms with Gasteiger partial charge in [0.05, 0.1) is 7.11 Å². The number of halogens is 1. The van der Waals surface area contributed by atoms with Crippen molar-refractivity contribution in [1.29, 1.82) is 0 Å². The van der Waals surface area contributed by atoms with Crippen LogP contribution in [0.4, 0.5) is 15.9 Å². The van der Waals surface area contributed by atoms with E-state index in [9.17, 15) is 4.39 Å². The van der Waals surface area contributed by atoms with Crippen LogP contribution in [0.3, 0.4) is 0 Å². The van der Waals surface area contributed by atoms with Crippen LogP contribution in [0.1, 0.15) is 0 Å². The molecule has 0 aliphatic carbocycles. The topological polar surface area (TPSA) is 77.2 Å². The zero-order chi connectivity index (χ0) is 13.2. The van der Waals surface area contributed by atoms with E-state index in [1.54, 1.807) is 24.3 Å². The summed E-state index contributed by atoms with van der Waals surface area (Å²) in [7, 11) is 1.41. The van der Waals surface area contributed by atoms with E-state index in [2.05, 4.69) is 25.9 Å². The Hall–Kier alpha value is -2.77. The smallest absolute Gasteiger partial charge is 0.200 e. The number of rotatable bonds is 3. The summed E-state index contributed by atoms with van der Waals surface area (Å²) in [4.78, 5) is 0. The molecule has 0 atom stereocenters. The number of fused-ring (bicyclic) bond motifs is 1. The number of aromatic nitrogens is 5. The Morgan fingerprint density at radius 3 is 3.00 bits per heavy atom. The zero-order valence-corrected chi connectivity index (χ0v) is 9.91. The first-order chi connectivity index (χ1) is 9.26. The van der Waals surface area contributed by atoms with Crippen LogP contribution in [0.5, 0.6) is 5.75 Å². The highest BCUT2D eigenvalue weighted by molar-refractivity contribution is 5.59. The van der Waals surface area contributed by atoms with E-state index in [0.717, 1.165) is 0 Å². The van der Waals surface area contributed by atoms with Crippen molar-refractivity contribution in [2.75, 3.05) is 12.4 Å². The molecule has 0 saturated carbocycles. The van der Waals surface area contributed by atoms with Gasteiger partial charge < -0.3 is 10.1 Å². The summed E-state index contributed by atoms with van der Waals surface area (Å²) >= 11 is 0. The van der Waals surface area contributed by atoms with E-state index in [-0.39, 0.29) is 5.75 Å². The van der Waals surface area contributed by atoms with E-state index >= 15 is 0 Å². The van der Waals surface area contributed by atoms with Gasteiger partial charge in [0.2, 0.25) is 0 Å². The molecular weight excluding hydrogens is 251 g/mol. The van der Waals surface area contributed by atoms with Gasteiger partial charge in [0, 0.05) is 11.8 Å². The summed E-state index contributed by atoms with van der Waals surface area (Å²) in [5.74, 6) is 0.277. The van der Waals surface area contributed by atoms with Gasteiger partial charge in [-0.3, -0.25) is 0 Å². The number of anilines is 2. The molecule has 96 valence electrons. The second kappa shape index (κ2) is 4.48. The zero-order valence-electron chi connectivity index (χ0n) is 9.91.